The molecular formula is C18H17N3O2. The van der Waals surface area contributed by atoms with E-state index in [2.05, 4.69) is 15.3 Å². The van der Waals surface area contributed by atoms with E-state index in [1.165, 1.54) is 0 Å². The van der Waals surface area contributed by atoms with Gasteiger partial charge in [-0.3, -0.25) is 0 Å². The van der Waals surface area contributed by atoms with Crippen molar-refractivity contribution < 1.29 is 9.47 Å². The molecule has 0 bridgehead atoms. The van der Waals surface area contributed by atoms with E-state index >= 15 is 0 Å². The Morgan fingerprint density at radius 2 is 1.74 bits per heavy atom. The third-order valence-corrected chi connectivity index (χ3v) is 3.20. The average Bonchev–Trinajstić information content (AvgIpc) is 2.62. The largest absolute Gasteiger partial charge is 0.489 e. The van der Waals surface area contributed by atoms with E-state index in [0.717, 1.165) is 17.0 Å². The van der Waals surface area contributed by atoms with E-state index in [9.17, 15) is 0 Å². The van der Waals surface area contributed by atoms with Gasteiger partial charge in [0.05, 0.1) is 7.11 Å². The molecule has 0 aliphatic carbocycles. The maximum absolute atomic E-state index is 5.75. The van der Waals surface area contributed by atoms with Gasteiger partial charge in [-0.2, -0.15) is 4.98 Å². The van der Waals surface area contributed by atoms with Gasteiger partial charge in [-0.25, -0.2) is 4.98 Å². The Morgan fingerprint density at radius 1 is 0.957 bits per heavy atom. The highest BCUT2D eigenvalue weighted by atomic mass is 16.5. The summed E-state index contributed by atoms with van der Waals surface area (Å²) in [6.07, 6.45) is 1.64. The number of nitrogens with one attached hydrogen (secondary N) is 1. The van der Waals surface area contributed by atoms with Crippen LogP contribution in [0, 0.1) is 0 Å². The average molecular weight is 307 g/mol. The molecule has 1 N–H and O–H groups in total. The summed E-state index contributed by atoms with van der Waals surface area (Å²) in [6.45, 7) is 0.548. The second kappa shape index (κ2) is 7.26. The molecule has 1 heterocycles. The first-order chi connectivity index (χ1) is 11.3. The van der Waals surface area contributed by atoms with Crippen molar-refractivity contribution in [3.05, 3.63) is 72.4 Å². The van der Waals surface area contributed by atoms with Crippen molar-refractivity contribution in [1.82, 2.24) is 9.97 Å². The number of nitrogens with zero attached hydrogens (tertiary/aromatic N) is 2. The first-order valence-electron chi connectivity index (χ1n) is 7.24. The summed E-state index contributed by atoms with van der Waals surface area (Å²) < 4.78 is 10.8. The van der Waals surface area contributed by atoms with E-state index in [4.69, 9.17) is 9.47 Å². The van der Waals surface area contributed by atoms with Gasteiger partial charge in [0.2, 0.25) is 11.8 Å². The molecule has 0 spiro atoms. The monoisotopic (exact) mass is 307 g/mol. The van der Waals surface area contributed by atoms with Crippen molar-refractivity contribution in [2.75, 3.05) is 12.4 Å². The van der Waals surface area contributed by atoms with Gasteiger partial charge >= 0.3 is 0 Å². The van der Waals surface area contributed by atoms with Crippen LogP contribution in [0.4, 0.5) is 11.6 Å². The van der Waals surface area contributed by atoms with E-state index in [0.29, 0.717) is 18.4 Å². The number of anilines is 2. The highest BCUT2D eigenvalue weighted by Crippen LogP contribution is 2.19. The first kappa shape index (κ1) is 14.8. The molecule has 0 unspecified atom stereocenters. The Kier molecular flexibility index (Phi) is 4.69. The lowest BCUT2D eigenvalue weighted by atomic mass is 10.2. The summed E-state index contributed by atoms with van der Waals surface area (Å²) in [6, 6.07) is 19.4. The molecule has 1 aromatic heterocycles. The van der Waals surface area contributed by atoms with Gasteiger partial charge in [-0.1, -0.05) is 30.3 Å². The van der Waals surface area contributed by atoms with Crippen LogP contribution >= 0.6 is 0 Å². The zero-order valence-corrected chi connectivity index (χ0v) is 12.8. The molecule has 0 fully saturated rings. The Bertz CT molecular complexity index is 746. The van der Waals surface area contributed by atoms with Gasteiger partial charge in [0.25, 0.3) is 0 Å². The minimum absolute atomic E-state index is 0.488. The normalized spacial score (nSPS) is 10.1. The zero-order valence-electron chi connectivity index (χ0n) is 12.8. The summed E-state index contributed by atoms with van der Waals surface area (Å²) in [5.74, 6) is 1.82. The molecule has 0 saturated heterocycles. The Balaban J connectivity index is 1.60. The van der Waals surface area contributed by atoms with Crippen LogP contribution in [-0.4, -0.2) is 17.1 Å². The highest BCUT2D eigenvalue weighted by molar-refractivity contribution is 5.54. The van der Waals surface area contributed by atoms with Gasteiger partial charge < -0.3 is 14.8 Å². The number of hydrogen-bond donors (Lipinski definition) is 1. The van der Waals surface area contributed by atoms with Gasteiger partial charge in [0.1, 0.15) is 12.4 Å². The van der Waals surface area contributed by atoms with Crippen molar-refractivity contribution in [2.45, 2.75) is 6.61 Å². The van der Waals surface area contributed by atoms with E-state index in [1.54, 1.807) is 19.4 Å². The Labute approximate surface area is 134 Å². The topological polar surface area (TPSA) is 56.3 Å². The second-order valence-electron chi connectivity index (χ2n) is 4.85. The molecule has 2 aromatic carbocycles. The molecule has 0 saturated carbocycles. The third kappa shape index (κ3) is 4.20. The van der Waals surface area contributed by atoms with Crippen LogP contribution < -0.4 is 14.8 Å². The van der Waals surface area contributed by atoms with Gasteiger partial charge in [-0.05, 0) is 29.8 Å². The molecule has 5 nitrogen and oxygen atoms in total. The number of aromatic nitrogens is 2. The first-order valence-corrected chi connectivity index (χ1v) is 7.24. The molecule has 0 aliphatic heterocycles. The Hall–Kier alpha value is -3.08. The predicted molar refractivity (Wildman–Crippen MR) is 89.1 cm³/mol. The van der Waals surface area contributed by atoms with Crippen molar-refractivity contribution >= 4 is 11.6 Å². The van der Waals surface area contributed by atoms with Crippen LogP contribution in [0.15, 0.2) is 66.9 Å². The highest BCUT2D eigenvalue weighted by Gasteiger charge is 2.01. The van der Waals surface area contributed by atoms with Crippen molar-refractivity contribution in [1.29, 1.82) is 0 Å². The number of benzene rings is 2. The molecule has 3 rings (SSSR count). The molecular weight excluding hydrogens is 290 g/mol. The number of ether oxygens (including phenoxy) is 2. The van der Waals surface area contributed by atoms with Crippen LogP contribution in [0.5, 0.6) is 11.6 Å². The van der Waals surface area contributed by atoms with Gasteiger partial charge in [-0.15, -0.1) is 0 Å². The van der Waals surface area contributed by atoms with E-state index in [1.807, 2.05) is 54.6 Å². The molecule has 23 heavy (non-hydrogen) atoms. The number of hydrogen-bond acceptors (Lipinski definition) is 5. The minimum Gasteiger partial charge on any atom is -0.489 e. The van der Waals surface area contributed by atoms with Crippen LogP contribution in [0.2, 0.25) is 0 Å². The third-order valence-electron chi connectivity index (χ3n) is 3.20. The lowest BCUT2D eigenvalue weighted by molar-refractivity contribution is 0.306. The van der Waals surface area contributed by atoms with E-state index in [-0.39, 0.29) is 0 Å². The van der Waals surface area contributed by atoms with Crippen LogP contribution in [0.25, 0.3) is 0 Å². The van der Waals surface area contributed by atoms with Crippen molar-refractivity contribution in [3.8, 4) is 11.6 Å². The Morgan fingerprint density at radius 3 is 2.48 bits per heavy atom. The van der Waals surface area contributed by atoms with Gasteiger partial charge in [0, 0.05) is 18.0 Å². The molecule has 3 aromatic rings. The quantitative estimate of drug-likeness (QED) is 0.750. The fourth-order valence-corrected chi connectivity index (χ4v) is 2.02. The SMILES string of the molecule is COc1ccnc(Nc2ccc(OCc3ccccc3)cc2)n1. The molecule has 0 atom stereocenters. The maximum Gasteiger partial charge on any atom is 0.230 e. The van der Waals surface area contributed by atoms with Crippen LogP contribution in [-0.2, 0) is 6.61 Å². The fraction of sp³-hybridized carbons (Fsp3) is 0.111. The summed E-state index contributed by atoms with van der Waals surface area (Å²) >= 11 is 0. The smallest absolute Gasteiger partial charge is 0.230 e. The minimum atomic E-state index is 0.488. The summed E-state index contributed by atoms with van der Waals surface area (Å²) in [4.78, 5) is 8.36. The number of rotatable bonds is 6. The van der Waals surface area contributed by atoms with Crippen LogP contribution in [0.1, 0.15) is 5.56 Å². The standard InChI is InChI=1S/C18H17N3O2/c1-22-17-11-12-19-18(21-17)20-15-7-9-16(10-8-15)23-13-14-5-3-2-4-6-14/h2-12H,13H2,1H3,(H,19,20,21). The fourth-order valence-electron chi connectivity index (χ4n) is 2.02. The lowest BCUT2D eigenvalue weighted by Crippen LogP contribution is -1.99. The van der Waals surface area contributed by atoms with E-state index < -0.39 is 0 Å². The second-order valence-corrected chi connectivity index (χ2v) is 4.85. The maximum atomic E-state index is 5.75. The van der Waals surface area contributed by atoms with Crippen molar-refractivity contribution in [2.24, 2.45) is 0 Å². The zero-order chi connectivity index (χ0) is 15.9. The summed E-state index contributed by atoms with van der Waals surface area (Å²) in [5, 5.41) is 3.12. The predicted octanol–water partition coefficient (Wildman–Crippen LogP) is 3.81. The molecule has 0 amide bonds. The molecule has 0 aliphatic rings. The summed E-state index contributed by atoms with van der Waals surface area (Å²) in [5.41, 5.74) is 2.02. The molecule has 5 heteroatoms. The molecule has 0 radical (unpaired) electrons. The lowest BCUT2D eigenvalue weighted by Gasteiger charge is -2.08. The van der Waals surface area contributed by atoms with Crippen LogP contribution in [0.3, 0.4) is 0 Å². The van der Waals surface area contributed by atoms with Crippen molar-refractivity contribution in [3.63, 3.8) is 0 Å². The molecule has 116 valence electrons. The van der Waals surface area contributed by atoms with Gasteiger partial charge in [0.15, 0.2) is 0 Å². The number of methoxy groups -OCH3 is 1. The summed E-state index contributed by atoms with van der Waals surface area (Å²) in [7, 11) is 1.57.